The molecule has 1 N–H and O–H groups in total. The van der Waals surface area contributed by atoms with Crippen molar-refractivity contribution in [2.24, 2.45) is 4.99 Å². The van der Waals surface area contributed by atoms with E-state index in [4.69, 9.17) is 14.2 Å². The number of fused-ring (bicyclic) bond motifs is 1. The minimum absolute atomic E-state index is 0.0538. The van der Waals surface area contributed by atoms with E-state index in [2.05, 4.69) is 11.6 Å². The van der Waals surface area contributed by atoms with E-state index in [1.54, 1.807) is 57.4 Å². The Morgan fingerprint density at radius 2 is 2.03 bits per heavy atom. The number of phenolic OH excluding ortho intramolecular Hbond substituents is 1. The molecule has 0 saturated carbocycles. The van der Waals surface area contributed by atoms with E-state index in [9.17, 15) is 14.7 Å². The third-order valence-corrected chi connectivity index (χ3v) is 7.05. The smallest absolute Gasteiger partial charge is 0.338 e. The molecule has 4 rings (SSSR count). The van der Waals surface area contributed by atoms with Gasteiger partial charge in [-0.2, -0.15) is 0 Å². The summed E-state index contributed by atoms with van der Waals surface area (Å²) in [6, 6.07) is 10.0. The Hall–Kier alpha value is -4.11. The first-order valence-electron chi connectivity index (χ1n) is 12.3. The number of aromatic nitrogens is 1. The molecule has 0 saturated heterocycles. The summed E-state index contributed by atoms with van der Waals surface area (Å²) >= 11 is 1.23. The van der Waals surface area contributed by atoms with Gasteiger partial charge in [0.05, 0.1) is 42.2 Å². The van der Waals surface area contributed by atoms with Crippen molar-refractivity contribution in [1.29, 1.82) is 0 Å². The number of ether oxygens (including phenoxy) is 3. The maximum Gasteiger partial charge on any atom is 0.338 e. The molecule has 1 aliphatic heterocycles. The molecule has 0 radical (unpaired) electrons. The number of carbonyl (C=O) groups excluding carboxylic acids is 1. The van der Waals surface area contributed by atoms with E-state index in [1.807, 2.05) is 19.1 Å². The Kier molecular flexibility index (Phi) is 8.16. The molecule has 0 aliphatic carbocycles. The normalized spacial score (nSPS) is 15.1. The second kappa shape index (κ2) is 11.5. The van der Waals surface area contributed by atoms with Gasteiger partial charge < -0.3 is 19.3 Å². The average Bonchev–Trinajstić information content (AvgIpc) is 3.20. The lowest BCUT2D eigenvalue weighted by molar-refractivity contribution is -0.139. The highest BCUT2D eigenvalue weighted by Gasteiger charge is 2.33. The number of thiazole rings is 1. The van der Waals surface area contributed by atoms with E-state index in [-0.39, 0.29) is 17.9 Å². The fourth-order valence-electron chi connectivity index (χ4n) is 4.42. The standard InChI is InChI=1S/C29H30N2O6S/c1-6-10-20-13-18(14-22(26(20)32)36-7-2)15-23-27(33)31-25(19-11-9-12-21(16-19)35-5)24(28(34)37-8-3)17(4)30-29(31)38-23/h6,9,11-16,25,32H,1,7-8,10H2,2-5H3. The highest BCUT2D eigenvalue weighted by molar-refractivity contribution is 7.07. The molecule has 9 heteroatoms. The second-order valence-corrected chi connectivity index (χ2v) is 9.54. The van der Waals surface area contributed by atoms with Gasteiger partial charge in [-0.3, -0.25) is 9.36 Å². The molecular formula is C29H30N2O6S. The summed E-state index contributed by atoms with van der Waals surface area (Å²) in [6.07, 6.45) is 3.87. The summed E-state index contributed by atoms with van der Waals surface area (Å²) in [6.45, 7) is 9.64. The van der Waals surface area contributed by atoms with Gasteiger partial charge in [0.25, 0.3) is 5.56 Å². The molecule has 0 bridgehead atoms. The minimum atomic E-state index is -0.738. The van der Waals surface area contributed by atoms with Crippen molar-refractivity contribution in [3.63, 3.8) is 0 Å². The number of methoxy groups -OCH3 is 1. The zero-order valence-corrected chi connectivity index (χ0v) is 22.6. The van der Waals surface area contributed by atoms with E-state index >= 15 is 0 Å². The van der Waals surface area contributed by atoms with Gasteiger partial charge in [-0.15, -0.1) is 6.58 Å². The van der Waals surface area contributed by atoms with Crippen LogP contribution in [0.15, 0.2) is 70.1 Å². The molecule has 1 aromatic heterocycles. The van der Waals surface area contributed by atoms with Gasteiger partial charge in [0.15, 0.2) is 16.3 Å². The molecule has 1 atom stereocenters. The molecule has 0 fully saturated rings. The molecule has 1 unspecified atom stereocenters. The summed E-state index contributed by atoms with van der Waals surface area (Å²) < 4.78 is 18.3. The number of benzene rings is 2. The molecule has 0 spiro atoms. The lowest BCUT2D eigenvalue weighted by atomic mass is 9.95. The first-order chi connectivity index (χ1) is 18.3. The largest absolute Gasteiger partial charge is 0.504 e. The van der Waals surface area contributed by atoms with Crippen molar-refractivity contribution in [2.75, 3.05) is 20.3 Å². The van der Waals surface area contributed by atoms with Crippen molar-refractivity contribution in [1.82, 2.24) is 4.57 Å². The number of hydrogen-bond acceptors (Lipinski definition) is 8. The maximum absolute atomic E-state index is 13.9. The predicted molar refractivity (Wildman–Crippen MR) is 147 cm³/mol. The van der Waals surface area contributed by atoms with Crippen LogP contribution in [-0.2, 0) is 16.0 Å². The third-order valence-electron chi connectivity index (χ3n) is 6.06. The Labute approximate surface area is 224 Å². The van der Waals surface area contributed by atoms with Crippen LogP contribution >= 0.6 is 11.3 Å². The first-order valence-corrected chi connectivity index (χ1v) is 13.1. The summed E-state index contributed by atoms with van der Waals surface area (Å²) in [5.41, 5.74) is 2.52. The minimum Gasteiger partial charge on any atom is -0.504 e. The lowest BCUT2D eigenvalue weighted by Crippen LogP contribution is -2.39. The van der Waals surface area contributed by atoms with Crippen LogP contribution in [0.3, 0.4) is 0 Å². The van der Waals surface area contributed by atoms with E-state index < -0.39 is 12.0 Å². The van der Waals surface area contributed by atoms with Crippen LogP contribution in [0.5, 0.6) is 17.2 Å². The summed E-state index contributed by atoms with van der Waals surface area (Å²) in [4.78, 5) is 32.0. The number of phenols is 1. The van der Waals surface area contributed by atoms with Crippen molar-refractivity contribution >= 4 is 23.4 Å². The summed E-state index contributed by atoms with van der Waals surface area (Å²) in [5.74, 6) is 0.466. The van der Waals surface area contributed by atoms with Crippen LogP contribution in [0.1, 0.15) is 43.5 Å². The van der Waals surface area contributed by atoms with Crippen molar-refractivity contribution < 1.29 is 24.1 Å². The Bertz CT molecular complexity index is 1600. The molecule has 3 aromatic rings. The van der Waals surface area contributed by atoms with Crippen LogP contribution in [0.2, 0.25) is 0 Å². The van der Waals surface area contributed by atoms with Crippen molar-refractivity contribution in [2.45, 2.75) is 33.2 Å². The number of esters is 1. The number of allylic oxidation sites excluding steroid dienone is 2. The van der Waals surface area contributed by atoms with Crippen LogP contribution in [-0.4, -0.2) is 36.0 Å². The van der Waals surface area contributed by atoms with Crippen LogP contribution in [0.25, 0.3) is 6.08 Å². The zero-order valence-electron chi connectivity index (χ0n) is 21.8. The van der Waals surface area contributed by atoms with Gasteiger partial charge in [-0.1, -0.05) is 29.5 Å². The van der Waals surface area contributed by atoms with E-state index in [1.165, 1.54) is 15.9 Å². The van der Waals surface area contributed by atoms with Crippen molar-refractivity contribution in [3.05, 3.63) is 96.7 Å². The number of hydrogen-bond donors (Lipinski definition) is 1. The molecule has 1 aliphatic rings. The van der Waals surface area contributed by atoms with Gasteiger partial charge in [0.2, 0.25) is 0 Å². The lowest BCUT2D eigenvalue weighted by Gasteiger charge is -2.25. The molecule has 2 aromatic carbocycles. The van der Waals surface area contributed by atoms with Gasteiger partial charge in [-0.25, -0.2) is 9.79 Å². The third kappa shape index (κ3) is 5.15. The van der Waals surface area contributed by atoms with Gasteiger partial charge in [0.1, 0.15) is 5.75 Å². The topological polar surface area (TPSA) is 99.4 Å². The summed E-state index contributed by atoms with van der Waals surface area (Å²) in [7, 11) is 1.56. The molecule has 198 valence electrons. The SMILES string of the molecule is C=CCc1cc(C=c2sc3n(c2=O)C(c2cccc(OC)c2)C(C(=O)OCC)=C(C)N=3)cc(OCC)c1O. The summed E-state index contributed by atoms with van der Waals surface area (Å²) in [5, 5.41) is 10.6. The molecule has 0 amide bonds. The van der Waals surface area contributed by atoms with Crippen LogP contribution in [0, 0.1) is 0 Å². The van der Waals surface area contributed by atoms with Gasteiger partial charge in [-0.05, 0) is 68.7 Å². The van der Waals surface area contributed by atoms with Crippen LogP contribution < -0.4 is 24.4 Å². The first kappa shape index (κ1) is 26.9. The average molecular weight is 535 g/mol. The predicted octanol–water partition coefficient (Wildman–Crippen LogP) is 3.64. The van der Waals surface area contributed by atoms with E-state index in [0.717, 1.165) is 0 Å². The Balaban J connectivity index is 1.95. The monoisotopic (exact) mass is 534 g/mol. The fourth-order valence-corrected chi connectivity index (χ4v) is 5.47. The highest BCUT2D eigenvalue weighted by atomic mass is 32.1. The zero-order chi connectivity index (χ0) is 27.4. The number of nitrogens with zero attached hydrogens (tertiary/aromatic N) is 2. The fraction of sp³-hybridized carbons (Fsp3) is 0.276. The number of carbonyl (C=O) groups is 1. The van der Waals surface area contributed by atoms with E-state index in [0.29, 0.717) is 61.8 Å². The molecular weight excluding hydrogens is 504 g/mol. The number of aromatic hydroxyl groups is 1. The highest BCUT2D eigenvalue weighted by Crippen LogP contribution is 2.34. The Morgan fingerprint density at radius 1 is 1.24 bits per heavy atom. The second-order valence-electron chi connectivity index (χ2n) is 8.53. The Morgan fingerprint density at radius 3 is 2.71 bits per heavy atom. The quantitative estimate of drug-likeness (QED) is 0.333. The molecule has 8 nitrogen and oxygen atoms in total. The molecule has 2 heterocycles. The van der Waals surface area contributed by atoms with Crippen molar-refractivity contribution in [3.8, 4) is 17.2 Å². The molecule has 38 heavy (non-hydrogen) atoms. The van der Waals surface area contributed by atoms with Gasteiger partial charge in [0, 0.05) is 5.56 Å². The number of rotatable bonds is 9. The maximum atomic E-state index is 13.9. The van der Waals surface area contributed by atoms with Gasteiger partial charge >= 0.3 is 5.97 Å². The van der Waals surface area contributed by atoms with Crippen LogP contribution in [0.4, 0.5) is 0 Å².